The highest BCUT2D eigenvalue weighted by Gasteiger charge is 2.73. The van der Waals surface area contributed by atoms with Crippen molar-refractivity contribution >= 4 is 45.0 Å². The summed E-state index contributed by atoms with van der Waals surface area (Å²) in [5.41, 5.74) is 1.98. The maximum Gasteiger partial charge on any atom is 0.338 e. The number of aromatic nitrogens is 1. The number of carboxylic acids is 1. The fraction of sp³-hybridized carbons (Fsp3) is 0.462. The van der Waals surface area contributed by atoms with E-state index in [0.717, 1.165) is 27.2 Å². The van der Waals surface area contributed by atoms with Gasteiger partial charge >= 0.3 is 11.9 Å². The van der Waals surface area contributed by atoms with Crippen LogP contribution in [-0.4, -0.2) is 71.2 Å². The monoisotopic (exact) mass is 586 g/mol. The summed E-state index contributed by atoms with van der Waals surface area (Å²) < 4.78 is 12.3. The molecule has 5 atom stereocenters. The van der Waals surface area contributed by atoms with E-state index in [2.05, 4.69) is 31.1 Å². The second kappa shape index (κ2) is 9.61. The molecule has 0 amide bonds. The lowest BCUT2D eigenvalue weighted by atomic mass is 9.46. The van der Waals surface area contributed by atoms with E-state index in [1.165, 1.54) is 11.3 Å². The Morgan fingerprint density at radius 3 is 2.92 bits per heavy atom. The fourth-order valence-electron chi connectivity index (χ4n) is 6.54. The predicted octanol–water partition coefficient (Wildman–Crippen LogP) is 3.38. The van der Waals surface area contributed by atoms with Crippen molar-refractivity contribution in [3.8, 4) is 0 Å². The maximum absolute atomic E-state index is 13.4. The number of carbonyl (C=O) groups excluding carboxylic acids is 1. The highest BCUT2D eigenvalue weighted by Crippen LogP contribution is 2.65. The summed E-state index contributed by atoms with van der Waals surface area (Å²) in [7, 11) is 0. The van der Waals surface area contributed by atoms with Crippen LogP contribution in [0.3, 0.4) is 0 Å². The number of aliphatic carboxylic acids is 1. The van der Waals surface area contributed by atoms with Gasteiger partial charge < -0.3 is 19.9 Å². The zero-order chi connectivity index (χ0) is 25.7. The molecule has 3 aliphatic heterocycles. The lowest BCUT2D eigenvalue weighted by Crippen LogP contribution is -2.80. The Labute approximate surface area is 226 Å². The second-order valence-electron chi connectivity index (χ2n) is 9.84. The molecule has 1 aromatic heterocycles. The van der Waals surface area contributed by atoms with Crippen LogP contribution in [-0.2, 0) is 19.1 Å². The van der Waals surface area contributed by atoms with Crippen LogP contribution < -0.4 is 5.32 Å². The number of aliphatic imine (C=N–C) groups is 1. The lowest BCUT2D eigenvalue weighted by Gasteiger charge is -2.71. The van der Waals surface area contributed by atoms with Crippen LogP contribution in [0.2, 0.25) is 0 Å². The van der Waals surface area contributed by atoms with E-state index in [1.54, 1.807) is 13.1 Å². The normalized spacial score (nSPS) is 30.4. The average Bonchev–Trinajstić information content (AvgIpc) is 3.56. The quantitative estimate of drug-likeness (QED) is 0.453. The molecule has 2 N–H and O–H groups in total. The average molecular weight is 587 g/mol. The van der Waals surface area contributed by atoms with E-state index >= 15 is 0 Å². The molecular formula is C26H27BrN4O5S. The molecule has 2 saturated heterocycles. The summed E-state index contributed by atoms with van der Waals surface area (Å²) in [5.74, 6) is -0.425. The van der Waals surface area contributed by atoms with E-state index < -0.39 is 18.0 Å². The Hall–Kier alpha value is -2.60. The van der Waals surface area contributed by atoms with E-state index in [-0.39, 0.29) is 36.4 Å². The highest BCUT2D eigenvalue weighted by molar-refractivity contribution is 9.10. The number of esters is 1. The van der Waals surface area contributed by atoms with Crippen molar-refractivity contribution in [2.24, 2.45) is 16.3 Å². The molecule has 194 valence electrons. The lowest BCUT2D eigenvalue weighted by molar-refractivity contribution is -0.222. The minimum atomic E-state index is -0.760. The standard InChI is InChI=1S/C26H27BrN4O5S/c1-2-36-25(34)21-17(11-31-18-9-14(10-20(32)33)26(18)13-35-12-19(26)31)29-23(24-28-7-8-37-24)30-22(21)15-5-3-4-6-16(15)27/h3-8,14,18-19,22H,2,9-13H2,1H3,(H,29,30)(H,32,33). The number of hydrogen-bond donors (Lipinski definition) is 2. The molecule has 4 heterocycles. The fourth-order valence-corrected chi connectivity index (χ4v) is 7.63. The zero-order valence-corrected chi connectivity index (χ0v) is 22.6. The molecule has 1 aliphatic carbocycles. The number of nitrogens with one attached hydrogen (secondary N) is 1. The van der Waals surface area contributed by atoms with E-state index in [9.17, 15) is 14.7 Å². The van der Waals surface area contributed by atoms with Gasteiger partial charge in [0, 0.05) is 52.2 Å². The van der Waals surface area contributed by atoms with Crippen LogP contribution in [0.4, 0.5) is 0 Å². The van der Waals surface area contributed by atoms with Crippen LogP contribution in [0.15, 0.2) is 56.6 Å². The maximum atomic E-state index is 13.4. The number of hydrogen-bond acceptors (Lipinski definition) is 9. The summed E-state index contributed by atoms with van der Waals surface area (Å²) in [6.07, 6.45) is 2.72. The second-order valence-corrected chi connectivity index (χ2v) is 11.6. The van der Waals surface area contributed by atoms with Gasteiger partial charge in [-0.1, -0.05) is 34.1 Å². The summed E-state index contributed by atoms with van der Waals surface area (Å²) >= 11 is 5.13. The number of nitrogens with zero attached hydrogens (tertiary/aromatic N) is 3. The van der Waals surface area contributed by atoms with Gasteiger partial charge in [-0.2, -0.15) is 0 Å². The minimum absolute atomic E-state index is 0.105. The molecule has 11 heteroatoms. The molecule has 3 fully saturated rings. The molecule has 1 aromatic carbocycles. The van der Waals surface area contributed by atoms with Crippen molar-refractivity contribution in [2.75, 3.05) is 26.4 Å². The Balaban J connectivity index is 1.38. The minimum Gasteiger partial charge on any atom is -0.481 e. The van der Waals surface area contributed by atoms with Gasteiger partial charge in [0.05, 0.1) is 25.4 Å². The van der Waals surface area contributed by atoms with E-state index in [1.807, 2.05) is 29.6 Å². The van der Waals surface area contributed by atoms with E-state index in [4.69, 9.17) is 14.5 Å². The van der Waals surface area contributed by atoms with Crippen LogP contribution in [0.25, 0.3) is 0 Å². The predicted molar refractivity (Wildman–Crippen MR) is 140 cm³/mol. The first-order valence-corrected chi connectivity index (χ1v) is 14.1. The summed E-state index contributed by atoms with van der Waals surface area (Å²) in [4.78, 5) is 36.6. The molecule has 0 radical (unpaired) electrons. The third-order valence-electron chi connectivity index (χ3n) is 8.15. The molecule has 5 unspecified atom stereocenters. The smallest absolute Gasteiger partial charge is 0.338 e. The number of halogens is 1. The van der Waals surface area contributed by atoms with Gasteiger partial charge in [0.1, 0.15) is 6.04 Å². The van der Waals surface area contributed by atoms with Crippen LogP contribution in [0.5, 0.6) is 0 Å². The molecule has 37 heavy (non-hydrogen) atoms. The first-order valence-electron chi connectivity index (χ1n) is 12.4. The van der Waals surface area contributed by atoms with Gasteiger partial charge in [0.15, 0.2) is 10.8 Å². The molecule has 2 aromatic rings. The van der Waals surface area contributed by atoms with Gasteiger partial charge in [-0.25, -0.2) is 9.78 Å². The van der Waals surface area contributed by atoms with Crippen molar-refractivity contribution in [3.63, 3.8) is 0 Å². The van der Waals surface area contributed by atoms with Crippen molar-refractivity contribution in [1.82, 2.24) is 15.2 Å². The third-order valence-corrected chi connectivity index (χ3v) is 9.66. The van der Waals surface area contributed by atoms with Crippen molar-refractivity contribution < 1.29 is 24.2 Å². The van der Waals surface area contributed by atoms with Gasteiger partial charge in [-0.3, -0.25) is 14.7 Å². The van der Waals surface area contributed by atoms with Gasteiger partial charge in [0.25, 0.3) is 0 Å². The van der Waals surface area contributed by atoms with Crippen LogP contribution in [0, 0.1) is 11.3 Å². The van der Waals surface area contributed by atoms with Crippen LogP contribution >= 0.6 is 27.3 Å². The number of amidine groups is 1. The number of benzene rings is 1. The number of carbonyl (C=O) groups is 2. The Kier molecular flexibility index (Phi) is 6.42. The molecule has 1 saturated carbocycles. The Bertz CT molecular complexity index is 1300. The van der Waals surface area contributed by atoms with Gasteiger partial charge in [0.2, 0.25) is 0 Å². The first-order chi connectivity index (χ1) is 17.9. The highest BCUT2D eigenvalue weighted by atomic mass is 79.9. The topological polar surface area (TPSA) is 113 Å². The Morgan fingerprint density at radius 1 is 1.35 bits per heavy atom. The molecule has 6 rings (SSSR count). The third kappa shape index (κ3) is 3.94. The van der Waals surface area contributed by atoms with E-state index in [0.29, 0.717) is 31.2 Å². The molecule has 4 aliphatic rings. The Morgan fingerprint density at radius 2 is 2.19 bits per heavy atom. The number of rotatable bonds is 8. The number of ether oxygens (including phenoxy) is 2. The van der Waals surface area contributed by atoms with Crippen molar-refractivity contribution in [3.05, 3.63) is 62.2 Å². The summed E-state index contributed by atoms with van der Waals surface area (Å²) in [6.45, 7) is 3.70. The molecule has 0 bridgehead atoms. The zero-order valence-electron chi connectivity index (χ0n) is 20.2. The van der Waals surface area contributed by atoms with Gasteiger partial charge in [-0.15, -0.1) is 11.3 Å². The first kappa shape index (κ1) is 24.7. The van der Waals surface area contributed by atoms with Crippen LogP contribution in [0.1, 0.15) is 36.4 Å². The summed E-state index contributed by atoms with van der Waals surface area (Å²) in [5, 5.41) is 15.5. The summed E-state index contributed by atoms with van der Waals surface area (Å²) in [6, 6.07) is 7.54. The van der Waals surface area contributed by atoms with Crippen molar-refractivity contribution in [1.29, 1.82) is 0 Å². The number of thiazole rings is 1. The molecule has 9 nitrogen and oxygen atoms in total. The largest absolute Gasteiger partial charge is 0.481 e. The number of piperidine rings is 1. The van der Waals surface area contributed by atoms with Crippen molar-refractivity contribution in [2.45, 2.75) is 37.9 Å². The number of likely N-dealkylation sites (tertiary alicyclic amines) is 1. The molecular weight excluding hydrogens is 560 g/mol. The SMILES string of the molecule is CCOC(=O)C1=C(CN2C3COCC34C(CC(=O)O)CC24)NC(c2nccs2)=NC1c1ccccc1Br. The molecule has 1 spiro atoms. The van der Waals surface area contributed by atoms with Gasteiger partial charge in [-0.05, 0) is 30.9 Å². The number of carboxylic acid groups (broad SMARTS) is 1.